The van der Waals surface area contributed by atoms with Crippen LogP contribution in [0.15, 0.2) is 24.3 Å². The van der Waals surface area contributed by atoms with Crippen molar-refractivity contribution in [2.45, 2.75) is 32.2 Å². The standard InChI is InChI=1S/C18H15N5O4/c1-3-18-11(2)17(10-21,15(22)27-18)16(8-19,9-20)14(26-18)12-5-4-6-13(7-12)23(24)25/h4-7,11,14,22H,3H2,1-2H3/t11-,14-,17+,18+/m1/s1. The number of nitro benzene ring substituents is 1. The van der Waals surface area contributed by atoms with Crippen LogP contribution in [0.1, 0.15) is 31.9 Å². The number of hydrogen-bond donors (Lipinski definition) is 1. The van der Waals surface area contributed by atoms with Gasteiger partial charge in [-0.2, -0.15) is 15.8 Å². The molecule has 2 bridgehead atoms. The highest BCUT2D eigenvalue weighted by Gasteiger charge is 2.78. The molecule has 0 radical (unpaired) electrons. The van der Waals surface area contributed by atoms with E-state index < -0.39 is 39.5 Å². The van der Waals surface area contributed by atoms with Gasteiger partial charge in [-0.25, -0.2) is 0 Å². The van der Waals surface area contributed by atoms with Gasteiger partial charge in [-0.1, -0.05) is 26.0 Å². The van der Waals surface area contributed by atoms with Crippen molar-refractivity contribution in [1.29, 1.82) is 21.2 Å². The molecule has 0 spiro atoms. The zero-order chi connectivity index (χ0) is 20.0. The summed E-state index contributed by atoms with van der Waals surface area (Å²) in [7, 11) is 0. The SMILES string of the molecule is CC[C@]12OC(=N)[C@](C#N)([C@H]1C)C(C#N)(C#N)[C@@H](c1cccc([N+](=O)[O-])c1)O2. The molecule has 2 aliphatic heterocycles. The van der Waals surface area contributed by atoms with Crippen molar-refractivity contribution in [2.75, 3.05) is 0 Å². The molecule has 2 heterocycles. The predicted molar refractivity (Wildman–Crippen MR) is 89.6 cm³/mol. The highest BCUT2D eigenvalue weighted by molar-refractivity contribution is 5.89. The summed E-state index contributed by atoms with van der Waals surface area (Å²) in [6.07, 6.45) is -1.04. The van der Waals surface area contributed by atoms with Crippen LogP contribution < -0.4 is 0 Å². The van der Waals surface area contributed by atoms with Crippen LogP contribution in [0.4, 0.5) is 5.69 Å². The molecule has 2 fully saturated rings. The van der Waals surface area contributed by atoms with Crippen LogP contribution in [0, 0.1) is 66.3 Å². The highest BCUT2D eigenvalue weighted by atomic mass is 16.7. The molecular weight excluding hydrogens is 350 g/mol. The summed E-state index contributed by atoms with van der Waals surface area (Å²) in [6.45, 7) is 3.36. The lowest BCUT2D eigenvalue weighted by atomic mass is 9.53. The van der Waals surface area contributed by atoms with E-state index in [2.05, 4.69) is 0 Å². The summed E-state index contributed by atoms with van der Waals surface area (Å²) in [5.41, 5.74) is -4.00. The number of nitriles is 3. The van der Waals surface area contributed by atoms with Gasteiger partial charge in [0, 0.05) is 18.6 Å². The fraction of sp³-hybridized carbons (Fsp3) is 0.444. The quantitative estimate of drug-likeness (QED) is 0.637. The molecule has 0 aliphatic carbocycles. The smallest absolute Gasteiger partial charge is 0.269 e. The van der Waals surface area contributed by atoms with Crippen LogP contribution in [0.2, 0.25) is 0 Å². The normalized spacial score (nSPS) is 33.2. The summed E-state index contributed by atoms with van der Waals surface area (Å²) < 4.78 is 11.7. The van der Waals surface area contributed by atoms with Gasteiger partial charge in [0.05, 0.1) is 29.0 Å². The first-order chi connectivity index (χ1) is 12.8. The number of fused-ring (bicyclic) bond motifs is 2. The second-order valence-electron chi connectivity index (χ2n) is 6.62. The van der Waals surface area contributed by atoms with E-state index >= 15 is 0 Å². The molecule has 4 atom stereocenters. The van der Waals surface area contributed by atoms with E-state index in [0.29, 0.717) is 0 Å². The van der Waals surface area contributed by atoms with Crippen LogP contribution >= 0.6 is 0 Å². The van der Waals surface area contributed by atoms with Crippen molar-refractivity contribution in [2.24, 2.45) is 16.7 Å². The van der Waals surface area contributed by atoms with Crippen molar-refractivity contribution in [1.82, 2.24) is 0 Å². The first kappa shape index (κ1) is 18.3. The first-order valence-electron chi connectivity index (χ1n) is 8.22. The fourth-order valence-electron chi connectivity index (χ4n) is 4.15. The van der Waals surface area contributed by atoms with Crippen molar-refractivity contribution >= 4 is 11.6 Å². The second kappa shape index (κ2) is 5.77. The molecule has 0 unspecified atom stereocenters. The average molecular weight is 365 g/mol. The Labute approximate surface area is 155 Å². The van der Waals surface area contributed by atoms with Crippen molar-refractivity contribution in [3.8, 4) is 18.2 Å². The molecule has 136 valence electrons. The molecule has 9 heteroatoms. The minimum atomic E-state index is -2.11. The molecular formula is C18H15N5O4. The lowest BCUT2D eigenvalue weighted by Crippen LogP contribution is -2.58. The maximum atomic E-state index is 11.1. The number of ether oxygens (including phenoxy) is 2. The monoisotopic (exact) mass is 365 g/mol. The van der Waals surface area contributed by atoms with E-state index in [0.717, 1.165) is 0 Å². The summed E-state index contributed by atoms with van der Waals surface area (Å²) >= 11 is 0. The van der Waals surface area contributed by atoms with Gasteiger partial charge in [-0.15, -0.1) is 0 Å². The fourth-order valence-corrected chi connectivity index (χ4v) is 4.15. The third-order valence-corrected chi connectivity index (χ3v) is 5.68. The van der Waals surface area contributed by atoms with Crippen molar-refractivity contribution in [3.63, 3.8) is 0 Å². The Morgan fingerprint density at radius 2 is 1.96 bits per heavy atom. The zero-order valence-electron chi connectivity index (χ0n) is 14.6. The molecule has 3 rings (SSSR count). The van der Waals surface area contributed by atoms with Gasteiger partial charge in [0.25, 0.3) is 5.69 Å². The van der Waals surface area contributed by atoms with Gasteiger partial charge in [-0.3, -0.25) is 15.5 Å². The number of nitrogens with zero attached hydrogens (tertiary/aromatic N) is 4. The molecule has 1 N–H and O–H groups in total. The Kier molecular flexibility index (Phi) is 3.91. The van der Waals surface area contributed by atoms with E-state index in [9.17, 15) is 25.9 Å². The van der Waals surface area contributed by atoms with Crippen molar-refractivity contribution < 1.29 is 14.4 Å². The van der Waals surface area contributed by atoms with Crippen LogP contribution in [-0.4, -0.2) is 16.6 Å². The minimum Gasteiger partial charge on any atom is -0.447 e. The molecule has 0 amide bonds. The number of benzene rings is 1. The number of hydrogen-bond acceptors (Lipinski definition) is 8. The molecule has 1 aromatic carbocycles. The van der Waals surface area contributed by atoms with Gasteiger partial charge in [-0.05, 0) is 5.56 Å². The number of non-ortho nitro benzene ring substituents is 1. The Balaban J connectivity index is 2.33. The first-order valence-corrected chi connectivity index (χ1v) is 8.22. The van der Waals surface area contributed by atoms with Gasteiger partial charge >= 0.3 is 0 Å². The van der Waals surface area contributed by atoms with Gasteiger partial charge in [0.2, 0.25) is 17.1 Å². The van der Waals surface area contributed by atoms with E-state index in [1.54, 1.807) is 13.8 Å². The van der Waals surface area contributed by atoms with E-state index in [4.69, 9.17) is 14.9 Å². The third kappa shape index (κ3) is 1.96. The second-order valence-corrected chi connectivity index (χ2v) is 6.62. The van der Waals surface area contributed by atoms with Gasteiger partial charge < -0.3 is 9.47 Å². The van der Waals surface area contributed by atoms with Crippen LogP contribution in [-0.2, 0) is 9.47 Å². The lowest BCUT2D eigenvalue weighted by Gasteiger charge is -2.48. The zero-order valence-corrected chi connectivity index (χ0v) is 14.6. The lowest BCUT2D eigenvalue weighted by molar-refractivity contribution is -0.385. The molecule has 0 aromatic heterocycles. The Hall–Kier alpha value is -3.48. The highest BCUT2D eigenvalue weighted by Crippen LogP contribution is 2.67. The molecule has 2 aliphatic rings. The summed E-state index contributed by atoms with van der Waals surface area (Å²) in [6, 6.07) is 11.2. The van der Waals surface area contributed by atoms with Gasteiger partial charge in [0.1, 0.15) is 6.10 Å². The number of nitrogens with one attached hydrogen (secondary N) is 1. The topological polar surface area (TPSA) is 157 Å². The maximum absolute atomic E-state index is 11.1. The Bertz CT molecular complexity index is 957. The molecule has 0 saturated carbocycles. The molecule has 9 nitrogen and oxygen atoms in total. The van der Waals surface area contributed by atoms with Crippen LogP contribution in [0.25, 0.3) is 0 Å². The summed E-state index contributed by atoms with van der Waals surface area (Å²) in [5.74, 6) is -2.63. The summed E-state index contributed by atoms with van der Waals surface area (Å²) in [4.78, 5) is 10.5. The molecule has 1 aromatic rings. The van der Waals surface area contributed by atoms with Crippen molar-refractivity contribution in [3.05, 3.63) is 39.9 Å². The molecule has 2 saturated heterocycles. The Morgan fingerprint density at radius 3 is 2.48 bits per heavy atom. The number of rotatable bonds is 3. The molecule has 27 heavy (non-hydrogen) atoms. The van der Waals surface area contributed by atoms with Crippen LogP contribution in [0.5, 0.6) is 0 Å². The maximum Gasteiger partial charge on any atom is 0.269 e. The van der Waals surface area contributed by atoms with Crippen LogP contribution in [0.3, 0.4) is 0 Å². The summed E-state index contributed by atoms with van der Waals surface area (Å²) in [5, 5.41) is 49.3. The minimum absolute atomic E-state index is 0.204. The average Bonchev–Trinajstić information content (AvgIpc) is 2.84. The van der Waals surface area contributed by atoms with E-state index in [1.807, 2.05) is 18.2 Å². The predicted octanol–water partition coefficient (Wildman–Crippen LogP) is 2.96. The van der Waals surface area contributed by atoms with E-state index in [-0.39, 0.29) is 17.7 Å². The van der Waals surface area contributed by atoms with Gasteiger partial charge in [0.15, 0.2) is 5.41 Å². The van der Waals surface area contributed by atoms with E-state index in [1.165, 1.54) is 24.3 Å². The largest absolute Gasteiger partial charge is 0.447 e. The number of nitro groups is 1. The Morgan fingerprint density at radius 1 is 1.30 bits per heavy atom. The third-order valence-electron chi connectivity index (χ3n) is 5.68.